The van der Waals surface area contributed by atoms with Crippen LogP contribution in [0.2, 0.25) is 0 Å². The van der Waals surface area contributed by atoms with E-state index in [-0.39, 0.29) is 72.0 Å². The first-order valence-electron chi connectivity index (χ1n) is 24.5. The summed E-state index contributed by atoms with van der Waals surface area (Å²) < 4.78 is 76.7. The van der Waals surface area contributed by atoms with Crippen molar-refractivity contribution in [1.82, 2.24) is 30.0 Å². The number of methoxy groups -OCH3 is 2. The molecule has 0 radical (unpaired) electrons. The fourth-order valence-electron chi connectivity index (χ4n) is 12.0. The standard InChI is InChI=1S/C52H62N6O10S2/c1-65-37-7-9-45-43(29-37)39(11-17-53-45)49(47-27-33-13-19-57(47)31-35(33)15-23-69(61,62)25-21-59)67-51-41-5-3-4-6-42(41)52(56-55-51)68-50(40-12-18-54-46-10-8-38(66-2)30-44(40)46)48-28-34-14-20-58(48)32-36(34)16-24-70(63,64)26-22-60/h3-12,17-18,29-30,33-36,47-50,59-60H,13-16,19-28,31-32H2,1-2H3/t33-,34-,35-,36-,47-,48-,49+,50+/m0/s1. The van der Waals surface area contributed by atoms with Crippen molar-refractivity contribution in [3.8, 4) is 23.3 Å². The molecule has 6 aromatic rings. The summed E-state index contributed by atoms with van der Waals surface area (Å²) in [6.07, 6.45) is 7.17. The summed E-state index contributed by atoms with van der Waals surface area (Å²) in [4.78, 5) is 14.3. The van der Waals surface area contributed by atoms with E-state index in [1.165, 1.54) is 0 Å². The molecule has 0 aliphatic carbocycles. The van der Waals surface area contributed by atoms with E-state index in [1.807, 2.05) is 72.8 Å². The Bertz CT molecular complexity index is 2870. The second-order valence-electron chi connectivity index (χ2n) is 19.5. The summed E-state index contributed by atoms with van der Waals surface area (Å²) in [6.45, 7) is 2.41. The summed E-state index contributed by atoms with van der Waals surface area (Å²) in [5, 5.41) is 31.7. The Hall–Kier alpha value is -5.24. The zero-order valence-electron chi connectivity index (χ0n) is 39.7. The van der Waals surface area contributed by atoms with Crippen LogP contribution in [0.3, 0.4) is 0 Å². The molecule has 2 unspecified atom stereocenters. The van der Waals surface area contributed by atoms with Gasteiger partial charge in [0, 0.05) is 47.4 Å². The summed E-state index contributed by atoms with van der Waals surface area (Å²) in [5.74, 6) is 2.75. The second kappa shape index (κ2) is 20.5. The molecule has 12 rings (SSSR count). The van der Waals surface area contributed by atoms with Crippen LogP contribution in [0.15, 0.2) is 85.2 Å². The number of aliphatic hydroxyl groups is 2. The van der Waals surface area contributed by atoms with Gasteiger partial charge in [0.25, 0.3) is 0 Å². The molecule has 70 heavy (non-hydrogen) atoms. The van der Waals surface area contributed by atoms with E-state index in [9.17, 15) is 27.0 Å². The average molecular weight is 995 g/mol. The van der Waals surface area contributed by atoms with Crippen LogP contribution in [-0.2, 0) is 19.7 Å². The Balaban J connectivity index is 1.01. The zero-order valence-corrected chi connectivity index (χ0v) is 41.3. The fourth-order valence-corrected chi connectivity index (χ4v) is 14.3. The molecule has 372 valence electrons. The SMILES string of the molecule is COc1ccc2nccc([C@@H](Oc3nnc(O[C@H](c4ccnc5ccc(OC)cc45)[C@@H]4C[C@@H]5CCN4C[C@@H]5CCS(=O)(=O)CCO)c4ccccc34)[C@@H]3C[C@@H]4CCN3C[C@@H]4CCS(=O)(=O)CCO)c2c1. The molecule has 6 saturated heterocycles. The zero-order chi connectivity index (χ0) is 48.6. The molecule has 18 heteroatoms. The molecular weight excluding hydrogens is 933 g/mol. The Morgan fingerprint density at radius 1 is 0.600 bits per heavy atom. The van der Waals surface area contributed by atoms with Crippen molar-refractivity contribution in [1.29, 1.82) is 0 Å². The van der Waals surface area contributed by atoms with Gasteiger partial charge in [-0.3, -0.25) is 19.8 Å². The highest BCUT2D eigenvalue weighted by atomic mass is 32.2. The number of pyridine rings is 2. The minimum atomic E-state index is -3.35. The summed E-state index contributed by atoms with van der Waals surface area (Å²) >= 11 is 0. The Kier molecular flexibility index (Phi) is 14.2. The van der Waals surface area contributed by atoms with Crippen LogP contribution in [0.25, 0.3) is 32.6 Å². The highest BCUT2D eigenvalue weighted by Crippen LogP contribution is 2.48. The normalized spacial score (nSPS) is 25.3. The topological polar surface area (TPSA) is 204 Å². The maximum atomic E-state index is 12.7. The van der Waals surface area contributed by atoms with E-state index < -0.39 is 31.9 Å². The monoisotopic (exact) mass is 994 g/mol. The number of piperidine rings is 6. The molecule has 2 N–H and O–H groups in total. The van der Waals surface area contributed by atoms with Crippen LogP contribution in [0.5, 0.6) is 23.3 Å². The maximum Gasteiger partial charge on any atom is 0.242 e. The van der Waals surface area contributed by atoms with Gasteiger partial charge >= 0.3 is 0 Å². The van der Waals surface area contributed by atoms with Crippen LogP contribution >= 0.6 is 0 Å². The average Bonchev–Trinajstić information content (AvgIpc) is 3.38. The largest absolute Gasteiger partial charge is 0.497 e. The number of aliphatic hydroxyl groups excluding tert-OH is 2. The van der Waals surface area contributed by atoms with Gasteiger partial charge in [0.2, 0.25) is 11.8 Å². The lowest BCUT2D eigenvalue weighted by Gasteiger charge is -2.52. The first kappa shape index (κ1) is 48.4. The summed E-state index contributed by atoms with van der Waals surface area (Å²) in [5.41, 5.74) is 3.46. The van der Waals surface area contributed by atoms with Gasteiger partial charge in [0.05, 0.1) is 84.3 Å². The Morgan fingerprint density at radius 3 is 1.43 bits per heavy atom. The van der Waals surface area contributed by atoms with Crippen molar-refractivity contribution in [3.05, 3.63) is 96.3 Å². The van der Waals surface area contributed by atoms with E-state index in [0.717, 1.165) is 95.6 Å². The molecule has 16 nitrogen and oxygen atoms in total. The van der Waals surface area contributed by atoms with Gasteiger partial charge in [-0.2, -0.15) is 0 Å². The Labute approximate surface area is 409 Å². The van der Waals surface area contributed by atoms with Crippen LogP contribution < -0.4 is 18.9 Å². The first-order valence-corrected chi connectivity index (χ1v) is 28.1. The molecule has 6 fully saturated rings. The van der Waals surface area contributed by atoms with Crippen molar-refractivity contribution < 1.29 is 46.0 Å². The fraction of sp³-hybridized carbons (Fsp3) is 0.500. The molecule has 3 aromatic carbocycles. The van der Waals surface area contributed by atoms with E-state index >= 15 is 0 Å². The molecule has 4 bridgehead atoms. The van der Waals surface area contributed by atoms with Crippen LogP contribution in [0.4, 0.5) is 0 Å². The van der Waals surface area contributed by atoms with Crippen molar-refractivity contribution in [2.45, 2.75) is 62.8 Å². The molecule has 0 amide bonds. The predicted octanol–water partition coefficient (Wildman–Crippen LogP) is 6.00. The molecule has 9 heterocycles. The van der Waals surface area contributed by atoms with Gasteiger partial charge in [-0.15, -0.1) is 10.2 Å². The molecule has 10 atom stereocenters. The van der Waals surface area contributed by atoms with Crippen LogP contribution in [0, 0.1) is 23.7 Å². The van der Waals surface area contributed by atoms with Crippen molar-refractivity contribution in [3.63, 3.8) is 0 Å². The number of sulfone groups is 2. The molecule has 0 spiro atoms. The lowest BCUT2D eigenvalue weighted by Crippen LogP contribution is -2.56. The highest BCUT2D eigenvalue weighted by molar-refractivity contribution is 7.91. The molecule has 6 aliphatic rings. The van der Waals surface area contributed by atoms with E-state index in [0.29, 0.717) is 36.1 Å². The third-order valence-electron chi connectivity index (χ3n) is 15.6. The number of hydrogen-bond acceptors (Lipinski definition) is 16. The van der Waals surface area contributed by atoms with Crippen molar-refractivity contribution in [2.24, 2.45) is 23.7 Å². The molecule has 3 aromatic heterocycles. The lowest BCUT2D eigenvalue weighted by atomic mass is 9.72. The third kappa shape index (κ3) is 9.99. The number of nitrogens with zero attached hydrogens (tertiary/aromatic N) is 6. The Morgan fingerprint density at radius 2 is 1.04 bits per heavy atom. The van der Waals surface area contributed by atoms with Gasteiger partial charge in [-0.25, -0.2) is 16.8 Å². The number of ether oxygens (including phenoxy) is 4. The van der Waals surface area contributed by atoms with Gasteiger partial charge in [0.15, 0.2) is 19.7 Å². The second-order valence-corrected chi connectivity index (χ2v) is 24.1. The molecule has 6 aliphatic heterocycles. The number of hydrogen-bond donors (Lipinski definition) is 2. The predicted molar refractivity (Wildman–Crippen MR) is 267 cm³/mol. The van der Waals surface area contributed by atoms with Gasteiger partial charge in [0.1, 0.15) is 23.7 Å². The number of fused-ring (bicyclic) bond motifs is 9. The van der Waals surface area contributed by atoms with Gasteiger partial charge in [-0.05, 0) is 136 Å². The van der Waals surface area contributed by atoms with E-state index in [1.54, 1.807) is 26.6 Å². The first-order chi connectivity index (χ1) is 33.9. The smallest absolute Gasteiger partial charge is 0.242 e. The summed E-state index contributed by atoms with van der Waals surface area (Å²) in [6, 6.07) is 23.4. The van der Waals surface area contributed by atoms with Crippen LogP contribution in [0.1, 0.15) is 61.9 Å². The minimum Gasteiger partial charge on any atom is -0.497 e. The quantitative estimate of drug-likeness (QED) is 0.0901. The number of benzene rings is 3. The van der Waals surface area contributed by atoms with Crippen molar-refractivity contribution in [2.75, 3.05) is 76.6 Å². The highest BCUT2D eigenvalue weighted by Gasteiger charge is 2.47. The maximum absolute atomic E-state index is 12.7. The lowest BCUT2D eigenvalue weighted by molar-refractivity contribution is -0.0503. The van der Waals surface area contributed by atoms with Gasteiger partial charge < -0.3 is 29.2 Å². The number of rotatable bonds is 20. The van der Waals surface area contributed by atoms with Crippen molar-refractivity contribution >= 4 is 52.3 Å². The van der Waals surface area contributed by atoms with Crippen LogP contribution in [-0.4, -0.2) is 146 Å². The third-order valence-corrected chi connectivity index (χ3v) is 19.0. The molecule has 0 saturated carbocycles. The van der Waals surface area contributed by atoms with E-state index in [4.69, 9.17) is 39.1 Å². The summed E-state index contributed by atoms with van der Waals surface area (Å²) in [7, 11) is -3.40. The van der Waals surface area contributed by atoms with Gasteiger partial charge in [-0.1, -0.05) is 12.1 Å². The molecular formula is C52H62N6O10S2. The van der Waals surface area contributed by atoms with E-state index in [2.05, 4.69) is 9.80 Å². The number of aromatic nitrogens is 4. The minimum absolute atomic E-state index is 0.0583.